The predicted octanol–water partition coefficient (Wildman–Crippen LogP) is 0.146. The second-order valence-corrected chi connectivity index (χ2v) is 5.47. The van der Waals surface area contributed by atoms with Crippen LogP contribution in [0.4, 0.5) is 14.6 Å². The fourth-order valence-electron chi connectivity index (χ4n) is 1.85. The minimum Gasteiger partial charge on any atom is -0.383 e. The fourth-order valence-corrected chi connectivity index (χ4v) is 2.21. The van der Waals surface area contributed by atoms with Crippen molar-refractivity contribution in [3.63, 3.8) is 0 Å². The molecule has 1 saturated heterocycles. The molecule has 1 aliphatic rings. The third kappa shape index (κ3) is 5.11. The van der Waals surface area contributed by atoms with Crippen LogP contribution in [0.3, 0.4) is 0 Å². The monoisotopic (exact) mass is 343 g/mol. The molecule has 3 atom stereocenters. The van der Waals surface area contributed by atoms with Crippen LogP contribution in [0.5, 0.6) is 0 Å². The Labute approximate surface area is 123 Å². The molecule has 0 aliphatic carbocycles. The van der Waals surface area contributed by atoms with E-state index in [2.05, 4.69) is 9.51 Å². The molecule has 12 heteroatoms. The number of ether oxygens (including phenoxy) is 1. The van der Waals surface area contributed by atoms with Gasteiger partial charge in [-0.15, -0.1) is 0 Å². The minimum atomic E-state index is -4.65. The van der Waals surface area contributed by atoms with Crippen molar-refractivity contribution in [3.05, 3.63) is 22.7 Å². The van der Waals surface area contributed by atoms with Crippen molar-refractivity contribution >= 4 is 13.6 Å². The topological polar surface area (TPSA) is 137 Å². The van der Waals surface area contributed by atoms with Crippen LogP contribution in [0.2, 0.25) is 0 Å². The van der Waals surface area contributed by atoms with Gasteiger partial charge >= 0.3 is 13.5 Å². The Kier molecular flexibility index (Phi) is 6.57. The van der Waals surface area contributed by atoms with E-state index >= 15 is 0 Å². The zero-order valence-electron chi connectivity index (χ0n) is 11.5. The summed E-state index contributed by atoms with van der Waals surface area (Å²) >= 11 is 0. The standard InChI is InChI=1S/C9H13FN3O6P.CH3F/c10-6-3-5(4-18-20(15,16)17)19-8(6)13-2-1-7(11)12-9(13)14;1-2/h1-2,5-6,8H,3-4H2,(H2,11,12,14)(H2,15,16,17);1H3. The average molecular weight is 343 g/mol. The number of phosphoric acid groups is 1. The van der Waals surface area contributed by atoms with Crippen LogP contribution >= 0.6 is 7.82 Å². The smallest absolute Gasteiger partial charge is 0.383 e. The second-order valence-electron chi connectivity index (χ2n) is 4.23. The van der Waals surface area contributed by atoms with Gasteiger partial charge in [0.05, 0.1) is 19.9 Å². The summed E-state index contributed by atoms with van der Waals surface area (Å²) in [5, 5.41) is 0. The van der Waals surface area contributed by atoms with Crippen molar-refractivity contribution in [2.45, 2.75) is 24.9 Å². The van der Waals surface area contributed by atoms with E-state index < -0.39 is 38.6 Å². The van der Waals surface area contributed by atoms with Gasteiger partial charge in [0.25, 0.3) is 0 Å². The van der Waals surface area contributed by atoms with Gasteiger partial charge in [-0.1, -0.05) is 0 Å². The number of aromatic nitrogens is 2. The van der Waals surface area contributed by atoms with Crippen molar-refractivity contribution in [1.82, 2.24) is 9.55 Å². The van der Waals surface area contributed by atoms with Gasteiger partial charge in [-0.05, 0) is 6.07 Å². The maximum atomic E-state index is 13.8. The Morgan fingerprint density at radius 3 is 2.77 bits per heavy atom. The molecule has 3 unspecified atom stereocenters. The van der Waals surface area contributed by atoms with Crippen LogP contribution < -0.4 is 11.4 Å². The Morgan fingerprint density at radius 1 is 1.59 bits per heavy atom. The number of nitrogens with zero attached hydrogens (tertiary/aromatic N) is 2. The molecule has 22 heavy (non-hydrogen) atoms. The Balaban J connectivity index is 0.00000116. The predicted molar refractivity (Wildman–Crippen MR) is 71.4 cm³/mol. The van der Waals surface area contributed by atoms with Gasteiger partial charge < -0.3 is 20.3 Å². The highest BCUT2D eigenvalue weighted by Crippen LogP contribution is 2.38. The van der Waals surface area contributed by atoms with E-state index in [4.69, 9.17) is 20.3 Å². The van der Waals surface area contributed by atoms with E-state index in [1.165, 1.54) is 12.3 Å². The van der Waals surface area contributed by atoms with Crippen LogP contribution in [-0.4, -0.2) is 45.4 Å². The molecule has 2 heterocycles. The lowest BCUT2D eigenvalue weighted by molar-refractivity contribution is -0.0388. The lowest BCUT2D eigenvalue weighted by Gasteiger charge is -2.16. The van der Waals surface area contributed by atoms with E-state index in [9.17, 15) is 18.1 Å². The van der Waals surface area contributed by atoms with Gasteiger partial charge in [-0.3, -0.25) is 13.5 Å². The van der Waals surface area contributed by atoms with Gasteiger partial charge in [0.1, 0.15) is 12.0 Å². The molecular formula is C10H16F2N3O6P. The van der Waals surface area contributed by atoms with Crippen LogP contribution in [0.15, 0.2) is 17.1 Å². The minimum absolute atomic E-state index is 0.000961. The molecule has 2 rings (SSSR count). The number of hydrogen-bond acceptors (Lipinski definition) is 6. The molecule has 0 radical (unpaired) electrons. The molecule has 0 bridgehead atoms. The summed E-state index contributed by atoms with van der Waals surface area (Å²) in [6.45, 7) is -0.474. The summed E-state index contributed by atoms with van der Waals surface area (Å²) < 4.78 is 44.3. The first-order valence-electron chi connectivity index (χ1n) is 5.98. The molecule has 1 fully saturated rings. The molecule has 1 aliphatic heterocycles. The maximum Gasteiger partial charge on any atom is 0.469 e. The van der Waals surface area contributed by atoms with Gasteiger partial charge in [-0.2, -0.15) is 4.98 Å². The first-order valence-corrected chi connectivity index (χ1v) is 7.51. The number of halogens is 2. The molecule has 0 saturated carbocycles. The number of hydrogen-bond donors (Lipinski definition) is 3. The number of anilines is 1. The summed E-state index contributed by atoms with van der Waals surface area (Å²) in [6.07, 6.45) is -2.52. The van der Waals surface area contributed by atoms with Gasteiger partial charge in [0.2, 0.25) is 0 Å². The lowest BCUT2D eigenvalue weighted by Crippen LogP contribution is -2.30. The van der Waals surface area contributed by atoms with Crippen molar-refractivity contribution in [2.24, 2.45) is 0 Å². The highest BCUT2D eigenvalue weighted by Gasteiger charge is 2.38. The van der Waals surface area contributed by atoms with E-state index in [0.29, 0.717) is 7.18 Å². The summed E-state index contributed by atoms with van der Waals surface area (Å²) in [7, 11) is -4.15. The Morgan fingerprint density at radius 2 is 2.23 bits per heavy atom. The first kappa shape index (κ1) is 18.7. The molecule has 0 amide bonds. The molecule has 9 nitrogen and oxygen atoms in total. The Hall–Kier alpha value is -1.39. The van der Waals surface area contributed by atoms with Gasteiger partial charge in [0, 0.05) is 12.6 Å². The zero-order valence-corrected chi connectivity index (χ0v) is 12.4. The van der Waals surface area contributed by atoms with Crippen molar-refractivity contribution in [2.75, 3.05) is 19.5 Å². The highest BCUT2D eigenvalue weighted by molar-refractivity contribution is 7.46. The largest absolute Gasteiger partial charge is 0.469 e. The molecule has 1 aromatic rings. The molecular weight excluding hydrogens is 327 g/mol. The normalized spacial score (nSPS) is 24.7. The summed E-state index contributed by atoms with van der Waals surface area (Å²) in [5.74, 6) is 0.000961. The molecule has 126 valence electrons. The van der Waals surface area contributed by atoms with Crippen molar-refractivity contribution in [1.29, 1.82) is 0 Å². The number of rotatable bonds is 4. The molecule has 0 spiro atoms. The first-order chi connectivity index (χ1) is 10.3. The SMILES string of the molecule is CF.Nc1ccn(C2OC(COP(=O)(O)O)CC2F)c(=O)n1. The van der Waals surface area contributed by atoms with Crippen LogP contribution in [-0.2, 0) is 13.8 Å². The quantitative estimate of drug-likeness (QED) is 0.657. The summed E-state index contributed by atoms with van der Waals surface area (Å²) in [6, 6.07) is 1.32. The third-order valence-corrected chi connectivity index (χ3v) is 3.17. The summed E-state index contributed by atoms with van der Waals surface area (Å²) in [4.78, 5) is 32.1. The van der Waals surface area contributed by atoms with Gasteiger partial charge in [0.15, 0.2) is 6.23 Å². The van der Waals surface area contributed by atoms with E-state index in [-0.39, 0.29) is 12.2 Å². The summed E-state index contributed by atoms with van der Waals surface area (Å²) in [5.41, 5.74) is 4.55. The van der Waals surface area contributed by atoms with Gasteiger partial charge in [-0.25, -0.2) is 13.8 Å². The number of phosphoric ester groups is 1. The number of nitrogens with two attached hydrogens (primary N) is 1. The number of alkyl halides is 2. The Bertz CT molecular complexity index is 594. The lowest BCUT2D eigenvalue weighted by atomic mass is 10.2. The average Bonchev–Trinajstić information content (AvgIpc) is 2.79. The molecule has 1 aromatic heterocycles. The fraction of sp³-hybridized carbons (Fsp3) is 0.600. The van der Waals surface area contributed by atoms with E-state index in [0.717, 1.165) is 4.57 Å². The molecule has 4 N–H and O–H groups in total. The van der Waals surface area contributed by atoms with E-state index in [1.54, 1.807) is 0 Å². The third-order valence-electron chi connectivity index (χ3n) is 2.68. The van der Waals surface area contributed by atoms with E-state index in [1.807, 2.05) is 0 Å². The van der Waals surface area contributed by atoms with Crippen LogP contribution in [0.25, 0.3) is 0 Å². The highest BCUT2D eigenvalue weighted by atomic mass is 31.2. The van der Waals surface area contributed by atoms with Crippen molar-refractivity contribution in [3.8, 4) is 0 Å². The van der Waals surface area contributed by atoms with Crippen LogP contribution in [0.1, 0.15) is 12.6 Å². The zero-order chi connectivity index (χ0) is 16.9. The molecule has 0 aromatic carbocycles. The second kappa shape index (κ2) is 7.75. The van der Waals surface area contributed by atoms with Crippen molar-refractivity contribution < 1.29 is 32.4 Å². The van der Waals surface area contributed by atoms with Crippen LogP contribution in [0, 0.1) is 0 Å². The maximum absolute atomic E-state index is 13.8. The number of nitrogen functional groups attached to an aromatic ring is 1.